The number of hydrogen-bond donors (Lipinski definition) is 2. The van der Waals surface area contributed by atoms with Crippen molar-refractivity contribution in [2.45, 2.75) is 56.6 Å². The third kappa shape index (κ3) is 4.27. The van der Waals surface area contributed by atoms with Crippen LogP contribution < -0.4 is 18.9 Å². The maximum Gasteiger partial charge on any atom is 0.341 e. The number of rotatable bonds is 6. The molecule has 1 aliphatic heterocycles. The normalized spacial score (nSPS) is 16.8. The van der Waals surface area contributed by atoms with Gasteiger partial charge >= 0.3 is 5.97 Å². The van der Waals surface area contributed by atoms with Crippen LogP contribution in [-0.4, -0.2) is 31.9 Å². The number of carboxylic acids is 1. The smallest absolute Gasteiger partial charge is 0.341 e. The predicted octanol–water partition coefficient (Wildman–Crippen LogP) is 4.00. The van der Waals surface area contributed by atoms with Crippen LogP contribution in [0.2, 0.25) is 0 Å². The number of hydrogen-bond acceptors (Lipinski definition) is 6. The topological polar surface area (TPSA) is 111 Å². The highest BCUT2D eigenvalue weighted by molar-refractivity contribution is 7.92. The zero-order chi connectivity index (χ0) is 22.2. The molecule has 166 valence electrons. The van der Waals surface area contributed by atoms with Gasteiger partial charge in [0.05, 0.1) is 10.6 Å². The van der Waals surface area contributed by atoms with Gasteiger partial charge in [-0.3, -0.25) is 4.72 Å². The highest BCUT2D eigenvalue weighted by Crippen LogP contribution is 2.46. The first-order chi connectivity index (χ1) is 14.7. The minimum atomic E-state index is -3.95. The van der Waals surface area contributed by atoms with Crippen LogP contribution in [0, 0.1) is 13.8 Å². The van der Waals surface area contributed by atoms with E-state index in [9.17, 15) is 13.2 Å². The number of ether oxygens (including phenoxy) is 3. The molecule has 4 rings (SSSR count). The molecule has 2 aliphatic rings. The first-order valence-electron chi connectivity index (χ1n) is 10.2. The molecule has 1 aliphatic carbocycles. The summed E-state index contributed by atoms with van der Waals surface area (Å²) in [7, 11) is -3.95. The molecule has 0 saturated heterocycles. The lowest BCUT2D eigenvalue weighted by molar-refractivity contribution is -0.139. The largest absolute Gasteiger partial charge is 0.481 e. The summed E-state index contributed by atoms with van der Waals surface area (Å²) in [6.45, 7) is 2.76. The van der Waals surface area contributed by atoms with E-state index in [0.29, 0.717) is 28.3 Å². The summed E-state index contributed by atoms with van der Waals surface area (Å²) >= 11 is 0. The lowest BCUT2D eigenvalue weighted by Crippen LogP contribution is -2.40. The van der Waals surface area contributed by atoms with Crippen molar-refractivity contribution < 1.29 is 32.5 Å². The second kappa shape index (κ2) is 7.96. The number of benzene rings is 2. The molecule has 0 amide bonds. The molecular weight excluding hydrogens is 422 g/mol. The molecule has 1 saturated carbocycles. The Bertz CT molecular complexity index is 1120. The van der Waals surface area contributed by atoms with E-state index in [1.54, 1.807) is 38.1 Å². The monoisotopic (exact) mass is 447 g/mol. The zero-order valence-corrected chi connectivity index (χ0v) is 18.3. The second-order valence-corrected chi connectivity index (χ2v) is 9.61. The Hall–Kier alpha value is -2.94. The first-order valence-corrected chi connectivity index (χ1v) is 11.7. The summed E-state index contributed by atoms with van der Waals surface area (Å²) in [5, 5.41) is 8.87. The number of anilines is 1. The summed E-state index contributed by atoms with van der Waals surface area (Å²) < 4.78 is 46.1. The summed E-state index contributed by atoms with van der Waals surface area (Å²) in [6.07, 6.45) is 4.84. The maximum absolute atomic E-state index is 13.1. The fourth-order valence-electron chi connectivity index (χ4n) is 4.12. The molecule has 8 nitrogen and oxygen atoms in total. The van der Waals surface area contributed by atoms with Gasteiger partial charge in [0.15, 0.2) is 18.1 Å². The Balaban J connectivity index is 1.57. The molecule has 0 unspecified atom stereocenters. The van der Waals surface area contributed by atoms with Gasteiger partial charge < -0.3 is 19.3 Å². The lowest BCUT2D eigenvalue weighted by Gasteiger charge is -2.31. The Morgan fingerprint density at radius 1 is 1.10 bits per heavy atom. The van der Waals surface area contributed by atoms with Crippen molar-refractivity contribution >= 4 is 21.7 Å². The van der Waals surface area contributed by atoms with E-state index in [0.717, 1.165) is 32.1 Å². The molecule has 31 heavy (non-hydrogen) atoms. The quantitative estimate of drug-likeness (QED) is 0.688. The average Bonchev–Trinajstić information content (AvgIpc) is 3.04. The zero-order valence-electron chi connectivity index (χ0n) is 17.4. The van der Waals surface area contributed by atoms with E-state index in [4.69, 9.17) is 19.3 Å². The molecule has 2 N–H and O–H groups in total. The number of aliphatic carboxylic acids is 1. The van der Waals surface area contributed by atoms with Crippen molar-refractivity contribution in [3.63, 3.8) is 0 Å². The third-order valence-electron chi connectivity index (χ3n) is 5.59. The highest BCUT2D eigenvalue weighted by atomic mass is 32.2. The van der Waals surface area contributed by atoms with Gasteiger partial charge in [0.2, 0.25) is 0 Å². The van der Waals surface area contributed by atoms with Gasteiger partial charge in [0.25, 0.3) is 15.8 Å². The Kier molecular flexibility index (Phi) is 5.47. The fraction of sp³-hybridized carbons (Fsp3) is 0.409. The molecule has 2 aromatic carbocycles. The summed E-state index contributed by atoms with van der Waals surface area (Å²) in [5.74, 6) is -0.396. The second-order valence-electron chi connectivity index (χ2n) is 7.96. The summed E-state index contributed by atoms with van der Waals surface area (Å²) in [4.78, 5) is 10.9. The van der Waals surface area contributed by atoms with Crippen molar-refractivity contribution in [3.05, 3.63) is 41.5 Å². The van der Waals surface area contributed by atoms with Gasteiger partial charge in [0, 0.05) is 24.5 Å². The van der Waals surface area contributed by atoms with Crippen molar-refractivity contribution in [1.82, 2.24) is 0 Å². The van der Waals surface area contributed by atoms with Crippen LogP contribution in [0.25, 0.3) is 0 Å². The van der Waals surface area contributed by atoms with E-state index >= 15 is 0 Å². The predicted molar refractivity (Wildman–Crippen MR) is 113 cm³/mol. The highest BCUT2D eigenvalue weighted by Gasteiger charge is 2.42. The van der Waals surface area contributed by atoms with E-state index in [-0.39, 0.29) is 10.6 Å². The number of sulfonamides is 1. The minimum absolute atomic E-state index is 0.0138. The van der Waals surface area contributed by atoms with Crippen LogP contribution in [0.1, 0.15) is 43.2 Å². The van der Waals surface area contributed by atoms with Gasteiger partial charge in [-0.2, -0.15) is 0 Å². The number of carboxylic acid groups (broad SMARTS) is 1. The van der Waals surface area contributed by atoms with Crippen molar-refractivity contribution in [1.29, 1.82) is 0 Å². The first kappa shape index (κ1) is 21.3. The molecular formula is C22H25NO7S. The van der Waals surface area contributed by atoms with Crippen LogP contribution in [0.15, 0.2) is 35.2 Å². The van der Waals surface area contributed by atoms with Crippen LogP contribution >= 0.6 is 0 Å². The fourth-order valence-corrected chi connectivity index (χ4v) is 5.41. The van der Waals surface area contributed by atoms with E-state index < -0.39 is 28.4 Å². The summed E-state index contributed by atoms with van der Waals surface area (Å²) in [6, 6.07) is 8.03. The van der Waals surface area contributed by atoms with Gasteiger partial charge in [-0.05, 0) is 50.5 Å². The molecule has 0 aromatic heterocycles. The van der Waals surface area contributed by atoms with Gasteiger partial charge in [-0.1, -0.05) is 12.5 Å². The molecule has 2 aromatic rings. The molecule has 1 fully saturated rings. The Morgan fingerprint density at radius 3 is 2.52 bits per heavy atom. The Labute approximate surface area is 181 Å². The van der Waals surface area contributed by atoms with Crippen molar-refractivity contribution in [3.8, 4) is 17.2 Å². The molecule has 0 atom stereocenters. The van der Waals surface area contributed by atoms with Crippen LogP contribution in [0.3, 0.4) is 0 Å². The van der Waals surface area contributed by atoms with Crippen LogP contribution in [0.4, 0.5) is 5.69 Å². The number of aryl methyl sites for hydroxylation is 1. The SMILES string of the molecule is Cc1ccc(S(=O)(=O)Nc2ccc3c(c2)OC2(CCCCC2)O3)c(C)c1OCC(=O)O. The maximum atomic E-state index is 13.1. The number of fused-ring (bicyclic) bond motifs is 1. The van der Waals surface area contributed by atoms with Crippen LogP contribution in [0.5, 0.6) is 17.2 Å². The van der Waals surface area contributed by atoms with Crippen molar-refractivity contribution in [2.24, 2.45) is 0 Å². The van der Waals surface area contributed by atoms with Gasteiger partial charge in [-0.25, -0.2) is 13.2 Å². The summed E-state index contributed by atoms with van der Waals surface area (Å²) in [5.41, 5.74) is 1.34. The number of carbonyl (C=O) groups is 1. The van der Waals surface area contributed by atoms with Crippen molar-refractivity contribution in [2.75, 3.05) is 11.3 Å². The Morgan fingerprint density at radius 2 is 1.81 bits per heavy atom. The molecule has 1 heterocycles. The standard InChI is InChI=1S/C22H25NO7S/c1-14-6-9-19(15(2)21(14)28-13-20(24)25)31(26,27)23-16-7-8-17-18(12-16)30-22(29-17)10-4-3-5-11-22/h6-9,12,23H,3-5,10-11,13H2,1-2H3,(H,24,25). The lowest BCUT2D eigenvalue weighted by atomic mass is 9.94. The van der Waals surface area contributed by atoms with E-state index in [1.165, 1.54) is 6.07 Å². The van der Waals surface area contributed by atoms with E-state index in [1.807, 2.05) is 0 Å². The average molecular weight is 448 g/mol. The van der Waals surface area contributed by atoms with E-state index in [2.05, 4.69) is 4.72 Å². The van der Waals surface area contributed by atoms with Gasteiger partial charge in [-0.15, -0.1) is 0 Å². The van der Waals surface area contributed by atoms with Gasteiger partial charge in [0.1, 0.15) is 5.75 Å². The molecule has 1 spiro atoms. The third-order valence-corrected chi connectivity index (χ3v) is 7.11. The minimum Gasteiger partial charge on any atom is -0.481 e. The molecule has 9 heteroatoms. The molecule has 0 bridgehead atoms. The van der Waals surface area contributed by atoms with Crippen LogP contribution in [-0.2, 0) is 14.8 Å². The number of nitrogens with one attached hydrogen (secondary N) is 1. The molecule has 0 radical (unpaired) electrons.